The summed E-state index contributed by atoms with van der Waals surface area (Å²) in [7, 11) is 0. The molecule has 0 bridgehead atoms. The number of aryl methyl sites for hydroxylation is 1. The Kier molecular flexibility index (Phi) is 5.17. The summed E-state index contributed by atoms with van der Waals surface area (Å²) in [5, 5.41) is 0. The second-order valence-corrected chi connectivity index (χ2v) is 6.99. The van der Waals surface area contributed by atoms with E-state index in [1.54, 1.807) is 0 Å². The van der Waals surface area contributed by atoms with Crippen LogP contribution in [0.15, 0.2) is 18.2 Å². The van der Waals surface area contributed by atoms with Gasteiger partial charge >= 0.3 is 0 Å². The van der Waals surface area contributed by atoms with Crippen molar-refractivity contribution in [2.24, 2.45) is 23.3 Å². The predicted octanol–water partition coefficient (Wildman–Crippen LogP) is 3.52. The molecule has 0 amide bonds. The molecule has 19 heavy (non-hydrogen) atoms. The number of nitrogens with two attached hydrogens (primary N) is 2. The van der Waals surface area contributed by atoms with Gasteiger partial charge in [-0.2, -0.15) is 0 Å². The van der Waals surface area contributed by atoms with Crippen molar-refractivity contribution in [3.8, 4) is 0 Å². The fourth-order valence-corrected chi connectivity index (χ4v) is 2.58. The first kappa shape index (κ1) is 16.2. The highest BCUT2D eigenvalue weighted by atomic mass is 14.7. The number of hydrogen-bond donors (Lipinski definition) is 2. The Hall–Kier alpha value is -0.860. The van der Waals surface area contributed by atoms with Crippen LogP contribution in [-0.4, -0.2) is 6.54 Å². The van der Waals surface area contributed by atoms with Gasteiger partial charge in [0.2, 0.25) is 0 Å². The number of hydrogen-bond acceptors (Lipinski definition) is 2. The predicted molar refractivity (Wildman–Crippen MR) is 84.2 cm³/mol. The van der Waals surface area contributed by atoms with Gasteiger partial charge in [-0.25, -0.2) is 0 Å². The molecule has 0 fully saturated rings. The Morgan fingerprint density at radius 1 is 1.16 bits per heavy atom. The quantitative estimate of drug-likeness (QED) is 0.872. The van der Waals surface area contributed by atoms with Crippen LogP contribution in [0.4, 0.5) is 0 Å². The van der Waals surface area contributed by atoms with Crippen LogP contribution in [0.25, 0.3) is 0 Å². The maximum atomic E-state index is 6.43. The number of rotatable bonds is 4. The Labute approximate surface area is 118 Å². The van der Waals surface area contributed by atoms with Crippen molar-refractivity contribution in [2.75, 3.05) is 6.54 Å². The standard InChI is InChI=1S/C17H30N2/c1-11(2)15(10-18)16(19)14-8-7-13(9-12(14)3)17(4,5)6/h7-9,11,15-16H,10,18-19H2,1-6H3. The van der Waals surface area contributed by atoms with E-state index in [2.05, 4.69) is 59.7 Å². The first-order chi connectivity index (χ1) is 8.68. The largest absolute Gasteiger partial charge is 0.330 e. The summed E-state index contributed by atoms with van der Waals surface area (Å²) >= 11 is 0. The molecule has 0 heterocycles. The lowest BCUT2D eigenvalue weighted by Crippen LogP contribution is -2.32. The molecule has 0 aliphatic rings. The minimum atomic E-state index is 0.0269. The molecule has 1 aromatic carbocycles. The first-order valence-corrected chi connectivity index (χ1v) is 7.25. The monoisotopic (exact) mass is 262 g/mol. The summed E-state index contributed by atoms with van der Waals surface area (Å²) in [5.74, 6) is 0.834. The third kappa shape index (κ3) is 3.80. The zero-order valence-corrected chi connectivity index (χ0v) is 13.3. The van der Waals surface area contributed by atoms with E-state index in [0.29, 0.717) is 18.4 Å². The van der Waals surface area contributed by atoms with E-state index >= 15 is 0 Å². The summed E-state index contributed by atoms with van der Waals surface area (Å²) in [4.78, 5) is 0. The van der Waals surface area contributed by atoms with Crippen molar-refractivity contribution in [2.45, 2.75) is 53.0 Å². The van der Waals surface area contributed by atoms with Crippen molar-refractivity contribution < 1.29 is 0 Å². The molecule has 0 saturated heterocycles. The first-order valence-electron chi connectivity index (χ1n) is 7.25. The van der Waals surface area contributed by atoms with E-state index in [1.807, 2.05) is 0 Å². The van der Waals surface area contributed by atoms with Crippen LogP contribution in [0, 0.1) is 18.8 Å². The van der Waals surface area contributed by atoms with E-state index in [9.17, 15) is 0 Å². The van der Waals surface area contributed by atoms with E-state index in [4.69, 9.17) is 11.5 Å². The van der Waals surface area contributed by atoms with Crippen LogP contribution in [0.5, 0.6) is 0 Å². The van der Waals surface area contributed by atoms with Crippen LogP contribution in [0.2, 0.25) is 0 Å². The molecule has 2 nitrogen and oxygen atoms in total. The molecular weight excluding hydrogens is 232 g/mol. The lowest BCUT2D eigenvalue weighted by atomic mass is 9.80. The molecule has 2 atom stereocenters. The van der Waals surface area contributed by atoms with E-state index < -0.39 is 0 Å². The molecule has 0 aliphatic heterocycles. The van der Waals surface area contributed by atoms with E-state index in [1.165, 1.54) is 16.7 Å². The van der Waals surface area contributed by atoms with Crippen LogP contribution in [-0.2, 0) is 5.41 Å². The zero-order chi connectivity index (χ0) is 14.8. The Morgan fingerprint density at radius 2 is 1.74 bits per heavy atom. The summed E-state index contributed by atoms with van der Waals surface area (Å²) in [6, 6.07) is 6.68. The molecule has 1 aromatic rings. The topological polar surface area (TPSA) is 52.0 Å². The smallest absolute Gasteiger partial charge is 0.0340 e. The van der Waals surface area contributed by atoms with Crippen molar-refractivity contribution in [3.63, 3.8) is 0 Å². The molecule has 0 spiro atoms. The maximum absolute atomic E-state index is 6.43. The lowest BCUT2D eigenvalue weighted by Gasteiger charge is -2.28. The Bertz CT molecular complexity index is 416. The van der Waals surface area contributed by atoms with Crippen molar-refractivity contribution in [3.05, 3.63) is 34.9 Å². The zero-order valence-electron chi connectivity index (χ0n) is 13.3. The minimum absolute atomic E-state index is 0.0269. The maximum Gasteiger partial charge on any atom is 0.0340 e. The van der Waals surface area contributed by atoms with Crippen LogP contribution in [0.1, 0.15) is 57.4 Å². The van der Waals surface area contributed by atoms with Crippen LogP contribution >= 0.6 is 0 Å². The SMILES string of the molecule is Cc1cc(C(C)(C)C)ccc1C(N)C(CN)C(C)C. The van der Waals surface area contributed by atoms with Crippen LogP contribution in [0.3, 0.4) is 0 Å². The second kappa shape index (κ2) is 6.06. The highest BCUT2D eigenvalue weighted by molar-refractivity contribution is 5.36. The van der Waals surface area contributed by atoms with Gasteiger partial charge in [-0.3, -0.25) is 0 Å². The summed E-state index contributed by atoms with van der Waals surface area (Å²) in [6.45, 7) is 13.9. The molecule has 2 unspecified atom stereocenters. The van der Waals surface area contributed by atoms with Gasteiger partial charge in [-0.05, 0) is 47.4 Å². The van der Waals surface area contributed by atoms with Crippen LogP contribution < -0.4 is 11.5 Å². The molecule has 4 N–H and O–H groups in total. The Balaban J connectivity index is 3.09. The van der Waals surface area contributed by atoms with Crippen molar-refractivity contribution in [1.82, 2.24) is 0 Å². The highest BCUT2D eigenvalue weighted by Gasteiger charge is 2.23. The minimum Gasteiger partial charge on any atom is -0.330 e. The van der Waals surface area contributed by atoms with Gasteiger partial charge in [-0.1, -0.05) is 52.8 Å². The molecule has 2 heteroatoms. The third-order valence-corrected chi connectivity index (χ3v) is 4.08. The molecule has 108 valence electrons. The van der Waals surface area contributed by atoms with E-state index in [-0.39, 0.29) is 11.5 Å². The fraction of sp³-hybridized carbons (Fsp3) is 0.647. The number of benzene rings is 1. The highest BCUT2D eigenvalue weighted by Crippen LogP contribution is 2.30. The molecule has 1 rings (SSSR count). The summed E-state index contributed by atoms with van der Waals surface area (Å²) in [5.41, 5.74) is 16.4. The molecular formula is C17H30N2. The average molecular weight is 262 g/mol. The van der Waals surface area contributed by atoms with E-state index in [0.717, 1.165) is 0 Å². The van der Waals surface area contributed by atoms with Gasteiger partial charge in [-0.15, -0.1) is 0 Å². The summed E-state index contributed by atoms with van der Waals surface area (Å²) < 4.78 is 0. The lowest BCUT2D eigenvalue weighted by molar-refractivity contribution is 0.330. The molecule has 0 radical (unpaired) electrons. The van der Waals surface area contributed by atoms with Crippen molar-refractivity contribution >= 4 is 0 Å². The third-order valence-electron chi connectivity index (χ3n) is 4.08. The molecule has 0 aromatic heterocycles. The second-order valence-electron chi connectivity index (χ2n) is 6.99. The van der Waals surface area contributed by atoms with Gasteiger partial charge in [0.25, 0.3) is 0 Å². The summed E-state index contributed by atoms with van der Waals surface area (Å²) in [6.07, 6.45) is 0. The molecule has 0 saturated carbocycles. The fourth-order valence-electron chi connectivity index (χ4n) is 2.58. The van der Waals surface area contributed by atoms with Gasteiger partial charge in [0, 0.05) is 6.04 Å². The van der Waals surface area contributed by atoms with Gasteiger partial charge in [0.15, 0.2) is 0 Å². The normalized spacial score (nSPS) is 15.6. The van der Waals surface area contributed by atoms with Gasteiger partial charge in [0.05, 0.1) is 0 Å². The van der Waals surface area contributed by atoms with Gasteiger partial charge in [0.1, 0.15) is 0 Å². The Morgan fingerprint density at radius 3 is 2.11 bits per heavy atom. The average Bonchev–Trinajstić information content (AvgIpc) is 2.27. The molecule has 0 aliphatic carbocycles. The van der Waals surface area contributed by atoms with Gasteiger partial charge < -0.3 is 11.5 Å². The van der Waals surface area contributed by atoms with Crippen molar-refractivity contribution in [1.29, 1.82) is 0 Å².